The van der Waals surface area contributed by atoms with Crippen LogP contribution in [0.15, 0.2) is 40.9 Å². The van der Waals surface area contributed by atoms with Crippen molar-refractivity contribution in [1.82, 2.24) is 0 Å². The highest BCUT2D eigenvalue weighted by Gasteiger charge is 2.11. The zero-order valence-corrected chi connectivity index (χ0v) is 13.5. The number of nitrogens with one attached hydrogen (secondary N) is 1. The fraction of sp³-hybridized carbons (Fsp3) is 0.133. The van der Waals surface area contributed by atoms with Gasteiger partial charge in [0.2, 0.25) is 0 Å². The van der Waals surface area contributed by atoms with E-state index < -0.39 is 5.97 Å². The number of anilines is 1. The lowest BCUT2D eigenvalue weighted by Gasteiger charge is -2.10. The first-order valence-corrected chi connectivity index (χ1v) is 7.27. The normalized spacial score (nSPS) is 10.2. The first-order chi connectivity index (χ1) is 10.0. The van der Waals surface area contributed by atoms with Gasteiger partial charge in [0, 0.05) is 22.3 Å². The second-order valence-corrected chi connectivity index (χ2v) is 5.64. The summed E-state index contributed by atoms with van der Waals surface area (Å²) in [6.07, 6.45) is 0. The Kier molecular flexibility index (Phi) is 5.09. The van der Waals surface area contributed by atoms with Crippen molar-refractivity contribution in [3.8, 4) is 5.75 Å². The van der Waals surface area contributed by atoms with Crippen LogP contribution in [-0.2, 0) is 11.3 Å². The van der Waals surface area contributed by atoms with E-state index in [1.54, 1.807) is 30.3 Å². The number of benzene rings is 2. The molecule has 0 aliphatic carbocycles. The molecule has 0 saturated heterocycles. The van der Waals surface area contributed by atoms with Gasteiger partial charge in [0.1, 0.15) is 5.75 Å². The number of phenols is 1. The standard InChI is InChI=1S/C15H13BrClNO3/c1-21-15(20)12-7-11(3-4-13(12)17)18-8-9-6-10(16)2-5-14(9)19/h2-7,18-19H,8H2,1H3. The van der Waals surface area contributed by atoms with Crippen LogP contribution in [0, 0.1) is 0 Å². The van der Waals surface area contributed by atoms with E-state index in [0.29, 0.717) is 22.8 Å². The van der Waals surface area contributed by atoms with Gasteiger partial charge in [-0.05, 0) is 36.4 Å². The number of ether oxygens (including phenoxy) is 1. The maximum absolute atomic E-state index is 11.6. The number of rotatable bonds is 4. The van der Waals surface area contributed by atoms with Crippen molar-refractivity contribution >= 4 is 39.2 Å². The van der Waals surface area contributed by atoms with Gasteiger partial charge in [0.25, 0.3) is 0 Å². The number of halogens is 2. The van der Waals surface area contributed by atoms with Crippen molar-refractivity contribution in [1.29, 1.82) is 0 Å². The predicted molar refractivity (Wildman–Crippen MR) is 85.9 cm³/mol. The summed E-state index contributed by atoms with van der Waals surface area (Å²) in [5.74, 6) is -0.290. The molecule has 110 valence electrons. The van der Waals surface area contributed by atoms with Crippen LogP contribution in [0.4, 0.5) is 5.69 Å². The summed E-state index contributed by atoms with van der Waals surface area (Å²) in [5, 5.41) is 13.2. The summed E-state index contributed by atoms with van der Waals surface area (Å²) in [4.78, 5) is 11.6. The van der Waals surface area contributed by atoms with Crippen LogP contribution in [0.1, 0.15) is 15.9 Å². The molecule has 2 rings (SSSR count). The summed E-state index contributed by atoms with van der Waals surface area (Å²) in [7, 11) is 1.30. The third-order valence-corrected chi connectivity index (χ3v) is 3.72. The minimum Gasteiger partial charge on any atom is -0.508 e. The summed E-state index contributed by atoms with van der Waals surface area (Å²) in [5.41, 5.74) is 1.74. The third kappa shape index (κ3) is 3.89. The second kappa shape index (κ2) is 6.83. The Balaban J connectivity index is 2.17. The molecule has 21 heavy (non-hydrogen) atoms. The smallest absolute Gasteiger partial charge is 0.339 e. The first-order valence-electron chi connectivity index (χ1n) is 6.10. The Bertz CT molecular complexity index is 676. The molecule has 0 spiro atoms. The summed E-state index contributed by atoms with van der Waals surface area (Å²) in [6.45, 7) is 0.410. The van der Waals surface area contributed by atoms with Gasteiger partial charge in [-0.25, -0.2) is 4.79 Å². The number of phenolic OH excluding ortho intramolecular Hbond substituents is 1. The Morgan fingerprint density at radius 3 is 2.81 bits per heavy atom. The minimum absolute atomic E-state index is 0.202. The number of hydrogen-bond donors (Lipinski definition) is 2. The fourth-order valence-corrected chi connectivity index (χ4v) is 2.40. The van der Waals surface area contributed by atoms with Crippen LogP contribution in [0.3, 0.4) is 0 Å². The quantitative estimate of drug-likeness (QED) is 0.792. The van der Waals surface area contributed by atoms with Crippen LogP contribution in [-0.4, -0.2) is 18.2 Å². The lowest BCUT2D eigenvalue weighted by molar-refractivity contribution is 0.0601. The highest BCUT2D eigenvalue weighted by Crippen LogP contribution is 2.25. The average molecular weight is 371 g/mol. The van der Waals surface area contributed by atoms with Gasteiger partial charge < -0.3 is 15.2 Å². The van der Waals surface area contributed by atoms with Crippen molar-refractivity contribution < 1.29 is 14.6 Å². The maximum atomic E-state index is 11.6. The largest absolute Gasteiger partial charge is 0.508 e. The van der Waals surface area contributed by atoms with Crippen molar-refractivity contribution in [2.75, 3.05) is 12.4 Å². The van der Waals surface area contributed by atoms with E-state index in [9.17, 15) is 9.90 Å². The first kappa shape index (κ1) is 15.7. The van der Waals surface area contributed by atoms with Crippen molar-refractivity contribution in [2.45, 2.75) is 6.54 Å². The zero-order valence-electron chi connectivity index (χ0n) is 11.2. The van der Waals surface area contributed by atoms with Crippen LogP contribution in [0.5, 0.6) is 5.75 Å². The molecule has 0 radical (unpaired) electrons. The molecule has 2 N–H and O–H groups in total. The fourth-order valence-electron chi connectivity index (χ4n) is 1.79. The van der Waals surface area contributed by atoms with E-state index in [-0.39, 0.29) is 5.75 Å². The number of carbonyl (C=O) groups is 1. The maximum Gasteiger partial charge on any atom is 0.339 e. The molecule has 0 heterocycles. The number of aromatic hydroxyl groups is 1. The highest BCUT2D eigenvalue weighted by atomic mass is 79.9. The van der Waals surface area contributed by atoms with E-state index in [1.807, 2.05) is 6.07 Å². The van der Waals surface area contributed by atoms with Crippen LogP contribution >= 0.6 is 27.5 Å². The molecule has 6 heteroatoms. The lowest BCUT2D eigenvalue weighted by atomic mass is 10.1. The van der Waals surface area contributed by atoms with Gasteiger partial charge in [-0.3, -0.25) is 0 Å². The van der Waals surface area contributed by atoms with Crippen molar-refractivity contribution in [2.24, 2.45) is 0 Å². The van der Waals surface area contributed by atoms with E-state index in [2.05, 4.69) is 26.0 Å². The minimum atomic E-state index is -0.492. The zero-order chi connectivity index (χ0) is 15.4. The Hall–Kier alpha value is -1.72. The lowest BCUT2D eigenvalue weighted by Crippen LogP contribution is -2.05. The van der Waals surface area contributed by atoms with E-state index in [4.69, 9.17) is 11.6 Å². The summed E-state index contributed by atoms with van der Waals surface area (Å²) in [6, 6.07) is 10.2. The van der Waals surface area contributed by atoms with Crippen LogP contribution in [0.25, 0.3) is 0 Å². The van der Waals surface area contributed by atoms with Gasteiger partial charge in [-0.15, -0.1) is 0 Å². The molecular weight excluding hydrogens is 358 g/mol. The van der Waals surface area contributed by atoms with Gasteiger partial charge in [-0.1, -0.05) is 27.5 Å². The topological polar surface area (TPSA) is 58.6 Å². The predicted octanol–water partition coefficient (Wildman–Crippen LogP) is 4.21. The van der Waals surface area contributed by atoms with Gasteiger partial charge in [0.15, 0.2) is 0 Å². The van der Waals surface area contributed by atoms with E-state index >= 15 is 0 Å². The molecule has 0 aliphatic heterocycles. The molecule has 0 bridgehead atoms. The molecule has 2 aromatic rings. The van der Waals surface area contributed by atoms with Crippen molar-refractivity contribution in [3.05, 3.63) is 57.0 Å². The third-order valence-electron chi connectivity index (χ3n) is 2.90. The Morgan fingerprint density at radius 2 is 2.10 bits per heavy atom. The average Bonchev–Trinajstić information content (AvgIpc) is 2.48. The molecule has 2 aromatic carbocycles. The molecule has 0 amide bonds. The molecule has 4 nitrogen and oxygen atoms in total. The van der Waals surface area contributed by atoms with Crippen molar-refractivity contribution in [3.63, 3.8) is 0 Å². The van der Waals surface area contributed by atoms with Gasteiger partial charge in [-0.2, -0.15) is 0 Å². The summed E-state index contributed by atoms with van der Waals surface area (Å²) < 4.78 is 5.55. The molecule has 0 atom stereocenters. The second-order valence-electron chi connectivity index (χ2n) is 4.31. The van der Waals surface area contributed by atoms with Crippen LogP contribution in [0.2, 0.25) is 5.02 Å². The highest BCUT2D eigenvalue weighted by molar-refractivity contribution is 9.10. The van der Waals surface area contributed by atoms with Gasteiger partial charge in [0.05, 0.1) is 17.7 Å². The number of methoxy groups -OCH3 is 1. The van der Waals surface area contributed by atoms with E-state index in [1.165, 1.54) is 7.11 Å². The Morgan fingerprint density at radius 1 is 1.33 bits per heavy atom. The Labute approximate surface area is 135 Å². The summed E-state index contributed by atoms with van der Waals surface area (Å²) >= 11 is 9.31. The van der Waals surface area contributed by atoms with E-state index in [0.717, 1.165) is 10.0 Å². The number of hydrogen-bond acceptors (Lipinski definition) is 4. The molecule has 0 fully saturated rings. The SMILES string of the molecule is COC(=O)c1cc(NCc2cc(Br)ccc2O)ccc1Cl. The number of carbonyl (C=O) groups excluding carboxylic acids is 1. The molecular formula is C15H13BrClNO3. The van der Waals surface area contributed by atoms with Gasteiger partial charge >= 0.3 is 5.97 Å². The molecule has 0 unspecified atom stereocenters. The molecule has 0 saturated carbocycles. The van der Waals surface area contributed by atoms with Crippen LogP contribution < -0.4 is 5.32 Å². The number of esters is 1. The monoisotopic (exact) mass is 369 g/mol. The molecule has 0 aromatic heterocycles. The molecule has 0 aliphatic rings.